The molecule has 0 saturated heterocycles. The van der Waals surface area contributed by atoms with Gasteiger partial charge in [-0.15, -0.1) is 0 Å². The maximum absolute atomic E-state index is 7.26. The lowest BCUT2D eigenvalue weighted by Gasteiger charge is -2.28. The SMILES string of the molecule is [C-]#[N+][C@@H]1CCCCCC[C@H]1O[Si](C)(C)C. The summed E-state index contributed by atoms with van der Waals surface area (Å²) in [5.74, 6) is 0. The molecule has 1 saturated carbocycles. The van der Waals surface area contributed by atoms with Crippen molar-refractivity contribution in [2.24, 2.45) is 0 Å². The number of rotatable bonds is 2. The number of hydrogen-bond acceptors (Lipinski definition) is 1. The highest BCUT2D eigenvalue weighted by molar-refractivity contribution is 6.69. The van der Waals surface area contributed by atoms with Crippen molar-refractivity contribution in [3.63, 3.8) is 0 Å². The van der Waals surface area contributed by atoms with Crippen LogP contribution in [0.4, 0.5) is 0 Å². The van der Waals surface area contributed by atoms with Gasteiger partial charge in [-0.05, 0) is 32.5 Å². The Morgan fingerprint density at radius 3 is 2.20 bits per heavy atom. The summed E-state index contributed by atoms with van der Waals surface area (Å²) < 4.78 is 6.14. The molecule has 0 radical (unpaired) electrons. The van der Waals surface area contributed by atoms with E-state index in [1.54, 1.807) is 0 Å². The van der Waals surface area contributed by atoms with Crippen molar-refractivity contribution in [3.05, 3.63) is 11.4 Å². The van der Waals surface area contributed by atoms with E-state index in [2.05, 4.69) is 24.5 Å². The molecule has 0 aromatic carbocycles. The molecule has 0 bridgehead atoms. The van der Waals surface area contributed by atoms with Crippen molar-refractivity contribution in [2.45, 2.75) is 70.3 Å². The van der Waals surface area contributed by atoms with E-state index in [4.69, 9.17) is 11.0 Å². The summed E-state index contributed by atoms with van der Waals surface area (Å²) >= 11 is 0. The fourth-order valence-electron chi connectivity index (χ4n) is 2.17. The van der Waals surface area contributed by atoms with Crippen molar-refractivity contribution in [3.8, 4) is 0 Å². The molecule has 1 fully saturated rings. The average Bonchev–Trinajstić information content (AvgIpc) is 2.08. The predicted octanol–water partition coefficient (Wildman–Crippen LogP) is 3.85. The largest absolute Gasteiger partial charge is 0.407 e. The summed E-state index contributed by atoms with van der Waals surface area (Å²) in [6, 6.07) is 0.122. The van der Waals surface area contributed by atoms with Crippen LogP contribution >= 0.6 is 0 Å². The maximum atomic E-state index is 7.26. The third-order valence-corrected chi connectivity index (χ3v) is 3.85. The van der Waals surface area contributed by atoms with Gasteiger partial charge in [0.25, 0.3) is 0 Å². The maximum Gasteiger partial charge on any atom is 0.248 e. The van der Waals surface area contributed by atoms with E-state index in [0.29, 0.717) is 0 Å². The van der Waals surface area contributed by atoms with E-state index < -0.39 is 8.32 Å². The van der Waals surface area contributed by atoms with E-state index >= 15 is 0 Å². The van der Waals surface area contributed by atoms with Crippen LogP contribution in [0.3, 0.4) is 0 Å². The molecule has 2 atom stereocenters. The van der Waals surface area contributed by atoms with Crippen LogP contribution in [0.15, 0.2) is 0 Å². The van der Waals surface area contributed by atoms with E-state index in [0.717, 1.165) is 12.8 Å². The Bertz CT molecular complexity index is 229. The molecule has 0 unspecified atom stereocenters. The number of hydrogen-bond donors (Lipinski definition) is 0. The molecule has 1 aliphatic rings. The van der Waals surface area contributed by atoms with Crippen LogP contribution in [0, 0.1) is 6.57 Å². The topological polar surface area (TPSA) is 13.6 Å². The zero-order valence-corrected chi connectivity index (χ0v) is 11.3. The Morgan fingerprint density at radius 2 is 1.67 bits per heavy atom. The standard InChI is InChI=1S/C12H23NOSi/c1-13-11-9-7-5-6-8-10-12(11)14-15(2,3)4/h11-12H,5-10H2,2-4H3/t11-,12-/m1/s1. The fourth-order valence-corrected chi connectivity index (χ4v) is 3.35. The lowest BCUT2D eigenvalue weighted by atomic mass is 9.95. The number of nitrogens with zero attached hydrogens (tertiary/aromatic N) is 1. The second-order valence-electron chi connectivity index (χ2n) is 5.46. The average molecular weight is 225 g/mol. The highest BCUT2D eigenvalue weighted by Gasteiger charge is 2.31. The van der Waals surface area contributed by atoms with Gasteiger partial charge in [-0.1, -0.05) is 19.3 Å². The van der Waals surface area contributed by atoms with Crippen molar-refractivity contribution in [1.82, 2.24) is 0 Å². The molecule has 0 spiro atoms. The first-order valence-electron chi connectivity index (χ1n) is 6.07. The second kappa shape index (κ2) is 5.67. The van der Waals surface area contributed by atoms with Crippen LogP contribution in [-0.2, 0) is 4.43 Å². The van der Waals surface area contributed by atoms with E-state index in [1.807, 2.05) is 0 Å². The van der Waals surface area contributed by atoms with E-state index in [9.17, 15) is 0 Å². The molecule has 0 aromatic rings. The monoisotopic (exact) mass is 225 g/mol. The van der Waals surface area contributed by atoms with Crippen LogP contribution in [-0.4, -0.2) is 20.5 Å². The van der Waals surface area contributed by atoms with Crippen molar-refractivity contribution >= 4 is 8.32 Å². The molecule has 0 amide bonds. The first-order valence-corrected chi connectivity index (χ1v) is 9.48. The Hall–Kier alpha value is -0.333. The Kier molecular flexibility index (Phi) is 4.81. The molecule has 86 valence electrons. The highest BCUT2D eigenvalue weighted by Crippen LogP contribution is 2.24. The molecule has 0 heterocycles. The van der Waals surface area contributed by atoms with Gasteiger partial charge in [0.15, 0.2) is 8.32 Å². The van der Waals surface area contributed by atoms with Gasteiger partial charge in [0.1, 0.15) is 6.10 Å². The minimum absolute atomic E-state index is 0.122. The first kappa shape index (κ1) is 12.7. The minimum Gasteiger partial charge on any atom is -0.407 e. The van der Waals surface area contributed by atoms with Crippen LogP contribution in [0.5, 0.6) is 0 Å². The van der Waals surface area contributed by atoms with Crippen molar-refractivity contribution in [1.29, 1.82) is 0 Å². The molecule has 1 aliphatic carbocycles. The Labute approximate surface area is 95.0 Å². The van der Waals surface area contributed by atoms with Gasteiger partial charge < -0.3 is 9.27 Å². The van der Waals surface area contributed by atoms with Gasteiger partial charge in [0.2, 0.25) is 6.04 Å². The zero-order chi connectivity index (χ0) is 11.3. The summed E-state index contributed by atoms with van der Waals surface area (Å²) in [4.78, 5) is 3.76. The smallest absolute Gasteiger partial charge is 0.248 e. The molecule has 0 aliphatic heterocycles. The Balaban J connectivity index is 2.58. The third kappa shape index (κ3) is 4.81. The first-order chi connectivity index (χ1) is 7.03. The van der Waals surface area contributed by atoms with Gasteiger partial charge in [-0.2, -0.15) is 0 Å². The minimum atomic E-state index is -1.48. The lowest BCUT2D eigenvalue weighted by Crippen LogP contribution is -2.38. The van der Waals surface area contributed by atoms with Gasteiger partial charge in [0, 0.05) is 6.42 Å². The van der Waals surface area contributed by atoms with Crippen LogP contribution < -0.4 is 0 Å². The summed E-state index contributed by atoms with van der Waals surface area (Å²) in [7, 11) is -1.48. The fraction of sp³-hybridized carbons (Fsp3) is 0.917. The van der Waals surface area contributed by atoms with E-state index in [1.165, 1.54) is 25.7 Å². The molecular weight excluding hydrogens is 202 g/mol. The Morgan fingerprint density at radius 1 is 1.07 bits per heavy atom. The quantitative estimate of drug-likeness (QED) is 0.514. The predicted molar refractivity (Wildman–Crippen MR) is 66.3 cm³/mol. The molecular formula is C12H23NOSi. The lowest BCUT2D eigenvalue weighted by molar-refractivity contribution is 0.152. The van der Waals surface area contributed by atoms with Crippen LogP contribution in [0.1, 0.15) is 38.5 Å². The van der Waals surface area contributed by atoms with Crippen molar-refractivity contribution in [2.75, 3.05) is 0 Å². The van der Waals surface area contributed by atoms with Crippen LogP contribution in [0.25, 0.3) is 4.85 Å². The molecule has 15 heavy (non-hydrogen) atoms. The molecule has 0 N–H and O–H groups in total. The third-order valence-electron chi connectivity index (χ3n) is 2.84. The van der Waals surface area contributed by atoms with Crippen LogP contribution in [0.2, 0.25) is 19.6 Å². The molecule has 3 heteroatoms. The summed E-state index contributed by atoms with van der Waals surface area (Å²) in [6.45, 7) is 13.9. The highest BCUT2D eigenvalue weighted by atomic mass is 28.4. The molecule has 1 rings (SSSR count). The summed E-state index contributed by atoms with van der Waals surface area (Å²) in [5.41, 5.74) is 0. The van der Waals surface area contributed by atoms with Gasteiger partial charge in [0.05, 0.1) is 0 Å². The van der Waals surface area contributed by atoms with Gasteiger partial charge in [-0.3, -0.25) is 0 Å². The van der Waals surface area contributed by atoms with Gasteiger partial charge in [-0.25, -0.2) is 6.57 Å². The molecule has 0 aromatic heterocycles. The summed E-state index contributed by atoms with van der Waals surface area (Å²) in [5, 5.41) is 0. The zero-order valence-electron chi connectivity index (χ0n) is 10.3. The van der Waals surface area contributed by atoms with Crippen molar-refractivity contribution < 1.29 is 4.43 Å². The second-order valence-corrected chi connectivity index (χ2v) is 9.92. The normalized spacial score (nSPS) is 28.9. The van der Waals surface area contributed by atoms with E-state index in [-0.39, 0.29) is 12.1 Å². The summed E-state index contributed by atoms with van der Waals surface area (Å²) in [6.07, 6.45) is 7.41. The van der Waals surface area contributed by atoms with Gasteiger partial charge >= 0.3 is 0 Å². The molecule has 2 nitrogen and oxygen atoms in total.